The van der Waals surface area contributed by atoms with E-state index in [0.717, 1.165) is 44.2 Å². The first kappa shape index (κ1) is 14.3. The lowest BCUT2D eigenvalue weighted by Crippen LogP contribution is -2.43. The van der Waals surface area contributed by atoms with Gasteiger partial charge in [-0.2, -0.15) is 0 Å². The van der Waals surface area contributed by atoms with Gasteiger partial charge in [0.25, 0.3) is 5.91 Å². The molecular formula is C16H24N4O. The Bertz CT molecular complexity index is 543. The van der Waals surface area contributed by atoms with Crippen LogP contribution >= 0.6 is 0 Å². The number of nitrogens with two attached hydrogens (primary N) is 2. The Hall–Kier alpha value is -1.62. The van der Waals surface area contributed by atoms with E-state index in [1.54, 1.807) is 0 Å². The Balaban J connectivity index is 1.90. The molecule has 0 aromatic carbocycles. The van der Waals surface area contributed by atoms with Crippen LogP contribution in [0.2, 0.25) is 0 Å². The number of carbonyl (C=O) groups excluding carboxylic acids is 1. The lowest BCUT2D eigenvalue weighted by atomic mass is 9.90. The Labute approximate surface area is 125 Å². The molecule has 1 saturated carbocycles. The highest BCUT2D eigenvalue weighted by Crippen LogP contribution is 2.27. The summed E-state index contributed by atoms with van der Waals surface area (Å²) in [7, 11) is 0. The average molecular weight is 288 g/mol. The second-order valence-corrected chi connectivity index (χ2v) is 6.26. The first-order valence-corrected chi connectivity index (χ1v) is 8.00. The predicted octanol–water partition coefficient (Wildman–Crippen LogP) is 1.74. The summed E-state index contributed by atoms with van der Waals surface area (Å²) in [4.78, 5) is 16.4. The number of nitrogens with zero attached hydrogens (tertiary/aromatic N) is 1. The molecule has 5 nitrogen and oxygen atoms in total. The summed E-state index contributed by atoms with van der Waals surface area (Å²) < 4.78 is 0. The summed E-state index contributed by atoms with van der Waals surface area (Å²) >= 11 is 0. The first-order valence-electron chi connectivity index (χ1n) is 8.00. The summed E-state index contributed by atoms with van der Waals surface area (Å²) in [5.74, 6) is 0.216. The molecule has 0 spiro atoms. The Morgan fingerprint density at radius 2 is 1.95 bits per heavy atom. The Morgan fingerprint density at radius 1 is 1.19 bits per heavy atom. The van der Waals surface area contributed by atoms with Crippen molar-refractivity contribution in [3.63, 3.8) is 0 Å². The average Bonchev–Trinajstić information content (AvgIpc) is 2.48. The molecule has 0 bridgehead atoms. The zero-order chi connectivity index (χ0) is 14.8. The van der Waals surface area contributed by atoms with E-state index >= 15 is 0 Å². The molecule has 0 aliphatic heterocycles. The molecule has 2 aliphatic carbocycles. The zero-order valence-corrected chi connectivity index (χ0v) is 12.4. The van der Waals surface area contributed by atoms with Crippen LogP contribution in [0.5, 0.6) is 0 Å². The van der Waals surface area contributed by atoms with Crippen LogP contribution in [0.3, 0.4) is 0 Å². The van der Waals surface area contributed by atoms with Gasteiger partial charge in [0.15, 0.2) is 0 Å². The molecule has 5 heteroatoms. The molecule has 114 valence electrons. The van der Waals surface area contributed by atoms with Gasteiger partial charge in [-0.1, -0.05) is 12.8 Å². The van der Waals surface area contributed by atoms with Crippen LogP contribution in [0.4, 0.5) is 5.82 Å². The highest BCUT2D eigenvalue weighted by molar-refractivity contribution is 5.97. The number of fused-ring (bicyclic) bond motifs is 1. The summed E-state index contributed by atoms with van der Waals surface area (Å²) in [6.45, 7) is 0. The lowest BCUT2D eigenvalue weighted by molar-refractivity contribution is 0.100. The second-order valence-electron chi connectivity index (χ2n) is 6.26. The van der Waals surface area contributed by atoms with Crippen molar-refractivity contribution in [1.29, 1.82) is 0 Å². The van der Waals surface area contributed by atoms with E-state index in [0.29, 0.717) is 11.4 Å². The third kappa shape index (κ3) is 3.02. The van der Waals surface area contributed by atoms with Gasteiger partial charge in [0.05, 0.1) is 5.56 Å². The van der Waals surface area contributed by atoms with Crippen molar-refractivity contribution in [2.75, 3.05) is 5.32 Å². The molecule has 1 fully saturated rings. The van der Waals surface area contributed by atoms with Crippen molar-refractivity contribution >= 4 is 11.7 Å². The molecule has 0 saturated heterocycles. The van der Waals surface area contributed by atoms with Crippen LogP contribution in [0.15, 0.2) is 6.07 Å². The fourth-order valence-corrected chi connectivity index (χ4v) is 3.45. The molecule has 21 heavy (non-hydrogen) atoms. The second kappa shape index (κ2) is 6.02. The summed E-state index contributed by atoms with van der Waals surface area (Å²) in [5.41, 5.74) is 14.5. The maximum atomic E-state index is 11.7. The Morgan fingerprint density at radius 3 is 2.71 bits per heavy atom. The standard InChI is InChI=1S/C16H24N4O/c17-12-6-2-4-8-14(12)20-16-11(15(18)21)9-10-5-1-3-7-13(10)19-16/h9,12,14H,1-8,17H2,(H2,18,21)(H,19,20)/t12-,14-/m1/s1. The smallest absolute Gasteiger partial charge is 0.252 e. The van der Waals surface area contributed by atoms with Crippen molar-refractivity contribution < 1.29 is 4.79 Å². The van der Waals surface area contributed by atoms with Gasteiger partial charge in [-0.25, -0.2) is 4.98 Å². The van der Waals surface area contributed by atoms with Gasteiger partial charge >= 0.3 is 0 Å². The van der Waals surface area contributed by atoms with Crippen LogP contribution in [0.1, 0.15) is 60.1 Å². The number of anilines is 1. The Kier molecular flexibility index (Phi) is 4.10. The molecule has 2 aliphatic rings. The van der Waals surface area contributed by atoms with Gasteiger partial charge in [-0.15, -0.1) is 0 Å². The topological polar surface area (TPSA) is 94.0 Å². The van der Waals surface area contributed by atoms with Crippen LogP contribution in [-0.4, -0.2) is 23.0 Å². The fourth-order valence-electron chi connectivity index (χ4n) is 3.45. The van der Waals surface area contributed by atoms with Crippen LogP contribution in [0, 0.1) is 0 Å². The van der Waals surface area contributed by atoms with E-state index < -0.39 is 5.91 Å². The normalized spacial score (nSPS) is 25.2. The van der Waals surface area contributed by atoms with Crippen molar-refractivity contribution in [2.24, 2.45) is 11.5 Å². The summed E-state index contributed by atoms with van der Waals surface area (Å²) in [6, 6.07) is 2.24. The largest absolute Gasteiger partial charge is 0.365 e. The number of primary amides is 1. The predicted molar refractivity (Wildman–Crippen MR) is 83.3 cm³/mol. The van der Waals surface area contributed by atoms with Crippen LogP contribution in [0.25, 0.3) is 0 Å². The summed E-state index contributed by atoms with van der Waals surface area (Å²) in [6.07, 6.45) is 8.70. The first-order chi connectivity index (χ1) is 10.1. The van der Waals surface area contributed by atoms with Gasteiger partial charge in [-0.05, 0) is 50.2 Å². The zero-order valence-electron chi connectivity index (χ0n) is 12.4. The van der Waals surface area contributed by atoms with Crippen LogP contribution in [-0.2, 0) is 12.8 Å². The minimum Gasteiger partial charge on any atom is -0.365 e. The number of hydrogen-bond donors (Lipinski definition) is 3. The molecule has 0 unspecified atom stereocenters. The minimum absolute atomic E-state index is 0.123. The molecule has 3 rings (SSSR count). The number of aromatic nitrogens is 1. The molecule has 0 radical (unpaired) electrons. The van der Waals surface area contributed by atoms with E-state index in [2.05, 4.69) is 5.32 Å². The van der Waals surface area contributed by atoms with Gasteiger partial charge in [0, 0.05) is 17.8 Å². The monoisotopic (exact) mass is 288 g/mol. The maximum Gasteiger partial charge on any atom is 0.252 e. The number of nitrogens with one attached hydrogen (secondary N) is 1. The highest BCUT2D eigenvalue weighted by atomic mass is 16.1. The van der Waals surface area contributed by atoms with Gasteiger partial charge < -0.3 is 16.8 Å². The molecule has 2 atom stereocenters. The molecular weight excluding hydrogens is 264 g/mol. The van der Waals surface area contributed by atoms with E-state index in [4.69, 9.17) is 16.5 Å². The van der Waals surface area contributed by atoms with Gasteiger partial charge in [-0.3, -0.25) is 4.79 Å². The number of rotatable bonds is 3. The van der Waals surface area contributed by atoms with Crippen molar-refractivity contribution in [2.45, 2.75) is 63.5 Å². The van der Waals surface area contributed by atoms with Crippen LogP contribution < -0.4 is 16.8 Å². The number of aryl methyl sites for hydroxylation is 2. The van der Waals surface area contributed by atoms with Crippen molar-refractivity contribution in [3.8, 4) is 0 Å². The van der Waals surface area contributed by atoms with Crippen molar-refractivity contribution in [1.82, 2.24) is 4.98 Å². The van der Waals surface area contributed by atoms with Crippen molar-refractivity contribution in [3.05, 3.63) is 22.9 Å². The third-order valence-electron chi connectivity index (χ3n) is 4.71. The molecule has 1 heterocycles. The van der Waals surface area contributed by atoms with E-state index in [1.807, 2.05) is 6.07 Å². The lowest BCUT2D eigenvalue weighted by Gasteiger charge is -2.30. The van der Waals surface area contributed by atoms with Gasteiger partial charge in [0.1, 0.15) is 5.82 Å². The molecule has 1 amide bonds. The molecule has 1 aromatic heterocycles. The molecule has 1 aromatic rings. The maximum absolute atomic E-state index is 11.7. The summed E-state index contributed by atoms with van der Waals surface area (Å²) in [5, 5.41) is 3.39. The SMILES string of the molecule is NC(=O)c1cc2c(nc1N[C@@H]1CCCC[C@H]1N)CCCC2. The number of pyridine rings is 1. The van der Waals surface area contributed by atoms with E-state index in [1.165, 1.54) is 18.4 Å². The minimum atomic E-state index is -0.414. The highest BCUT2D eigenvalue weighted by Gasteiger charge is 2.25. The van der Waals surface area contributed by atoms with E-state index in [9.17, 15) is 4.79 Å². The fraction of sp³-hybridized carbons (Fsp3) is 0.625. The number of hydrogen-bond acceptors (Lipinski definition) is 4. The molecule has 5 N–H and O–H groups in total. The number of amides is 1. The third-order valence-corrected chi connectivity index (χ3v) is 4.71. The number of carbonyl (C=O) groups is 1. The van der Waals surface area contributed by atoms with E-state index in [-0.39, 0.29) is 12.1 Å². The van der Waals surface area contributed by atoms with Gasteiger partial charge in [0.2, 0.25) is 0 Å². The quantitative estimate of drug-likeness (QED) is 0.789.